The molecule has 4 N–H and O–H groups in total. The number of benzene rings is 1. The van der Waals surface area contributed by atoms with Gasteiger partial charge in [-0.3, -0.25) is 4.79 Å². The minimum atomic E-state index is -0.940. The Kier molecular flexibility index (Phi) is 6.60. The zero-order valence-electron chi connectivity index (χ0n) is 10.9. The summed E-state index contributed by atoms with van der Waals surface area (Å²) in [6.45, 7) is 1.05. The molecule has 0 heterocycles. The molecule has 0 spiro atoms. The van der Waals surface area contributed by atoms with Crippen molar-refractivity contribution in [2.75, 3.05) is 13.1 Å². The van der Waals surface area contributed by atoms with E-state index < -0.39 is 5.97 Å². The Morgan fingerprint density at radius 2 is 1.95 bits per heavy atom. The summed E-state index contributed by atoms with van der Waals surface area (Å²) in [5.41, 5.74) is 6.37. The summed E-state index contributed by atoms with van der Waals surface area (Å²) in [6, 6.07) is 6.83. The number of nitrogens with two attached hydrogens (primary N) is 1. The highest BCUT2D eigenvalue weighted by atomic mass is 16.4. The smallest absolute Gasteiger partial charge is 0.335 e. The molecule has 0 saturated carbocycles. The zero-order chi connectivity index (χ0) is 14.1. The maximum atomic E-state index is 11.5. The maximum absolute atomic E-state index is 11.5. The van der Waals surface area contributed by atoms with Crippen molar-refractivity contribution in [2.45, 2.75) is 25.7 Å². The van der Waals surface area contributed by atoms with Crippen LogP contribution in [0.2, 0.25) is 0 Å². The average Bonchev–Trinajstić information content (AvgIpc) is 2.39. The maximum Gasteiger partial charge on any atom is 0.335 e. The predicted molar refractivity (Wildman–Crippen MR) is 73.0 cm³/mol. The van der Waals surface area contributed by atoms with Gasteiger partial charge >= 0.3 is 5.97 Å². The molecule has 0 aliphatic heterocycles. The van der Waals surface area contributed by atoms with Gasteiger partial charge in [0.15, 0.2) is 0 Å². The fourth-order valence-electron chi connectivity index (χ4n) is 1.80. The molecule has 104 valence electrons. The number of carbonyl (C=O) groups excluding carboxylic acids is 1. The summed E-state index contributed by atoms with van der Waals surface area (Å²) < 4.78 is 0. The van der Waals surface area contributed by atoms with E-state index in [4.69, 9.17) is 10.8 Å². The van der Waals surface area contributed by atoms with Crippen molar-refractivity contribution in [3.8, 4) is 0 Å². The number of aromatic carboxylic acids is 1. The molecule has 0 radical (unpaired) electrons. The number of carboxylic acids is 1. The van der Waals surface area contributed by atoms with Gasteiger partial charge in [-0.1, -0.05) is 18.2 Å². The van der Waals surface area contributed by atoms with Crippen molar-refractivity contribution in [3.05, 3.63) is 35.4 Å². The number of hydrogen-bond acceptors (Lipinski definition) is 3. The van der Waals surface area contributed by atoms with Crippen LogP contribution in [0.4, 0.5) is 0 Å². The van der Waals surface area contributed by atoms with Gasteiger partial charge in [-0.15, -0.1) is 0 Å². The van der Waals surface area contributed by atoms with E-state index in [1.54, 1.807) is 24.3 Å². The molecule has 0 aliphatic rings. The van der Waals surface area contributed by atoms with E-state index in [0.717, 1.165) is 18.4 Å². The standard InChI is InChI=1S/C14H20N2O3/c15-9-4-3-7-13(17)16-10-8-11-5-1-2-6-12(11)14(18)19/h1-2,5-6H,3-4,7-10,15H2,(H,16,17)(H,18,19). The van der Waals surface area contributed by atoms with E-state index >= 15 is 0 Å². The predicted octanol–water partition coefficient (Wildman–Crippen LogP) is 1.17. The second-order valence-corrected chi connectivity index (χ2v) is 4.31. The van der Waals surface area contributed by atoms with Crippen LogP contribution in [0.25, 0.3) is 0 Å². The molecule has 1 rings (SSSR count). The monoisotopic (exact) mass is 264 g/mol. The lowest BCUT2D eigenvalue weighted by molar-refractivity contribution is -0.121. The molecule has 0 atom stereocenters. The molecule has 0 fully saturated rings. The van der Waals surface area contributed by atoms with Crippen LogP contribution in [0.5, 0.6) is 0 Å². The summed E-state index contributed by atoms with van der Waals surface area (Å²) in [7, 11) is 0. The van der Waals surface area contributed by atoms with Gasteiger partial charge in [-0.2, -0.15) is 0 Å². The first-order valence-corrected chi connectivity index (χ1v) is 6.43. The Labute approximate surface area is 112 Å². The molecule has 1 aromatic rings. The fourth-order valence-corrected chi connectivity index (χ4v) is 1.80. The number of carbonyl (C=O) groups is 2. The highest BCUT2D eigenvalue weighted by Gasteiger charge is 2.08. The Morgan fingerprint density at radius 3 is 2.63 bits per heavy atom. The first-order valence-electron chi connectivity index (χ1n) is 6.43. The Hall–Kier alpha value is -1.88. The number of nitrogens with one attached hydrogen (secondary N) is 1. The van der Waals surface area contributed by atoms with E-state index in [1.165, 1.54) is 0 Å². The van der Waals surface area contributed by atoms with Crippen LogP contribution < -0.4 is 11.1 Å². The van der Waals surface area contributed by atoms with Crippen molar-refractivity contribution >= 4 is 11.9 Å². The third-order valence-corrected chi connectivity index (χ3v) is 2.82. The van der Waals surface area contributed by atoms with E-state index in [0.29, 0.717) is 31.5 Å². The molecular formula is C14H20N2O3. The molecular weight excluding hydrogens is 244 g/mol. The second kappa shape index (κ2) is 8.26. The largest absolute Gasteiger partial charge is 0.478 e. The highest BCUT2D eigenvalue weighted by molar-refractivity contribution is 5.89. The Morgan fingerprint density at radius 1 is 1.21 bits per heavy atom. The molecule has 0 unspecified atom stereocenters. The van der Waals surface area contributed by atoms with Crippen molar-refractivity contribution in [3.63, 3.8) is 0 Å². The summed E-state index contributed by atoms with van der Waals surface area (Å²) in [5, 5.41) is 11.8. The van der Waals surface area contributed by atoms with Gasteiger partial charge in [0.2, 0.25) is 5.91 Å². The van der Waals surface area contributed by atoms with E-state index in [1.807, 2.05) is 0 Å². The summed E-state index contributed by atoms with van der Waals surface area (Å²) in [4.78, 5) is 22.5. The lowest BCUT2D eigenvalue weighted by Gasteiger charge is -2.07. The quantitative estimate of drug-likeness (QED) is 0.615. The normalized spacial score (nSPS) is 10.2. The highest BCUT2D eigenvalue weighted by Crippen LogP contribution is 2.09. The first kappa shape index (κ1) is 15.2. The third kappa shape index (κ3) is 5.52. The minimum absolute atomic E-state index is 0.0127. The van der Waals surface area contributed by atoms with Crippen molar-refractivity contribution < 1.29 is 14.7 Å². The summed E-state index contributed by atoms with van der Waals surface area (Å²) in [5.74, 6) is -0.953. The van der Waals surface area contributed by atoms with Crippen LogP contribution in [0.15, 0.2) is 24.3 Å². The lowest BCUT2D eigenvalue weighted by Crippen LogP contribution is -2.26. The van der Waals surface area contributed by atoms with Gasteiger partial charge in [-0.05, 0) is 37.4 Å². The molecule has 1 amide bonds. The molecule has 0 aliphatic carbocycles. The summed E-state index contributed by atoms with van der Waals surface area (Å²) in [6.07, 6.45) is 2.62. The van der Waals surface area contributed by atoms with Crippen LogP contribution in [-0.4, -0.2) is 30.1 Å². The topological polar surface area (TPSA) is 92.4 Å². The third-order valence-electron chi connectivity index (χ3n) is 2.82. The molecule has 5 heteroatoms. The average molecular weight is 264 g/mol. The number of rotatable bonds is 8. The Bertz CT molecular complexity index is 432. The van der Waals surface area contributed by atoms with Crippen LogP contribution in [0.3, 0.4) is 0 Å². The van der Waals surface area contributed by atoms with Crippen LogP contribution >= 0.6 is 0 Å². The zero-order valence-corrected chi connectivity index (χ0v) is 10.9. The van der Waals surface area contributed by atoms with Crippen molar-refractivity contribution in [2.24, 2.45) is 5.73 Å². The van der Waals surface area contributed by atoms with Gasteiger partial charge in [-0.25, -0.2) is 4.79 Å². The number of hydrogen-bond donors (Lipinski definition) is 3. The lowest BCUT2D eigenvalue weighted by atomic mass is 10.0. The Balaban J connectivity index is 2.37. The van der Waals surface area contributed by atoms with Gasteiger partial charge in [0.1, 0.15) is 0 Å². The SMILES string of the molecule is NCCCCC(=O)NCCc1ccccc1C(=O)O. The van der Waals surface area contributed by atoms with Gasteiger partial charge in [0.05, 0.1) is 5.56 Å². The van der Waals surface area contributed by atoms with Crippen LogP contribution in [-0.2, 0) is 11.2 Å². The number of unbranched alkanes of at least 4 members (excludes halogenated alkanes) is 1. The van der Waals surface area contributed by atoms with E-state index in [9.17, 15) is 9.59 Å². The van der Waals surface area contributed by atoms with Crippen molar-refractivity contribution in [1.82, 2.24) is 5.32 Å². The number of amides is 1. The van der Waals surface area contributed by atoms with Gasteiger partial charge < -0.3 is 16.2 Å². The second-order valence-electron chi connectivity index (χ2n) is 4.31. The molecule has 0 bridgehead atoms. The van der Waals surface area contributed by atoms with Crippen molar-refractivity contribution in [1.29, 1.82) is 0 Å². The molecule has 0 aromatic heterocycles. The van der Waals surface area contributed by atoms with E-state index in [-0.39, 0.29) is 5.91 Å². The minimum Gasteiger partial charge on any atom is -0.478 e. The molecule has 1 aromatic carbocycles. The van der Waals surface area contributed by atoms with Gasteiger partial charge in [0, 0.05) is 13.0 Å². The van der Waals surface area contributed by atoms with Crippen LogP contribution in [0, 0.1) is 0 Å². The number of carboxylic acid groups (broad SMARTS) is 1. The van der Waals surface area contributed by atoms with E-state index in [2.05, 4.69) is 5.32 Å². The molecule has 19 heavy (non-hydrogen) atoms. The first-order chi connectivity index (χ1) is 9.15. The summed E-state index contributed by atoms with van der Waals surface area (Å²) >= 11 is 0. The fraction of sp³-hybridized carbons (Fsp3) is 0.429. The van der Waals surface area contributed by atoms with Crippen LogP contribution in [0.1, 0.15) is 35.2 Å². The molecule has 5 nitrogen and oxygen atoms in total. The van der Waals surface area contributed by atoms with Gasteiger partial charge in [0.25, 0.3) is 0 Å². The molecule has 0 saturated heterocycles.